The summed E-state index contributed by atoms with van der Waals surface area (Å²) in [7, 11) is 0. The lowest BCUT2D eigenvalue weighted by Gasteiger charge is -2.24. The van der Waals surface area contributed by atoms with Gasteiger partial charge in [0.25, 0.3) is 0 Å². The summed E-state index contributed by atoms with van der Waals surface area (Å²) in [5.41, 5.74) is 1.97. The number of aliphatic hydroxyl groups excluding tert-OH is 1. The molecular formula is C12H16ClNO. The third kappa shape index (κ3) is 2.11. The van der Waals surface area contributed by atoms with Crippen molar-refractivity contribution in [2.45, 2.75) is 32.4 Å². The maximum atomic E-state index is 9.03. The Morgan fingerprint density at radius 1 is 1.53 bits per heavy atom. The van der Waals surface area contributed by atoms with Crippen LogP contribution in [0.15, 0.2) is 18.2 Å². The molecule has 1 saturated heterocycles. The van der Waals surface area contributed by atoms with E-state index in [-0.39, 0.29) is 6.61 Å². The summed E-state index contributed by atoms with van der Waals surface area (Å²) in [6.45, 7) is 3.35. The molecule has 1 atom stereocenters. The molecule has 1 aromatic rings. The van der Waals surface area contributed by atoms with Crippen molar-refractivity contribution in [3.8, 4) is 0 Å². The van der Waals surface area contributed by atoms with Gasteiger partial charge in [-0.2, -0.15) is 0 Å². The van der Waals surface area contributed by atoms with E-state index in [9.17, 15) is 0 Å². The van der Waals surface area contributed by atoms with Crippen LogP contribution < -0.4 is 4.90 Å². The minimum atomic E-state index is 0.00860. The summed E-state index contributed by atoms with van der Waals surface area (Å²) in [5.74, 6) is 0. The lowest BCUT2D eigenvalue weighted by molar-refractivity contribution is 0.282. The third-order valence-corrected chi connectivity index (χ3v) is 3.44. The quantitative estimate of drug-likeness (QED) is 0.837. The summed E-state index contributed by atoms with van der Waals surface area (Å²) in [6.07, 6.45) is 2.50. The number of aliphatic hydroxyl groups is 1. The van der Waals surface area contributed by atoms with Gasteiger partial charge in [-0.15, -0.1) is 0 Å². The maximum absolute atomic E-state index is 9.03. The first-order valence-electron chi connectivity index (χ1n) is 5.38. The van der Waals surface area contributed by atoms with E-state index in [1.54, 1.807) is 0 Å². The fourth-order valence-corrected chi connectivity index (χ4v) is 2.39. The van der Waals surface area contributed by atoms with Gasteiger partial charge in [0.05, 0.1) is 6.61 Å². The van der Waals surface area contributed by atoms with Crippen molar-refractivity contribution in [1.29, 1.82) is 0 Å². The van der Waals surface area contributed by atoms with Crippen molar-refractivity contribution in [2.75, 3.05) is 11.4 Å². The second-order valence-corrected chi connectivity index (χ2v) is 4.53. The Labute approximate surface area is 95.5 Å². The topological polar surface area (TPSA) is 23.5 Å². The molecule has 0 saturated carbocycles. The average molecular weight is 226 g/mol. The van der Waals surface area contributed by atoms with Crippen LogP contribution in [0.1, 0.15) is 25.3 Å². The fourth-order valence-electron chi connectivity index (χ4n) is 2.16. The van der Waals surface area contributed by atoms with Gasteiger partial charge < -0.3 is 10.0 Å². The molecule has 1 aromatic carbocycles. The zero-order valence-corrected chi connectivity index (χ0v) is 9.67. The molecular weight excluding hydrogens is 210 g/mol. The van der Waals surface area contributed by atoms with Gasteiger partial charge in [-0.3, -0.25) is 0 Å². The molecule has 1 heterocycles. The van der Waals surface area contributed by atoms with Crippen LogP contribution in [0.4, 0.5) is 5.69 Å². The Morgan fingerprint density at radius 2 is 2.33 bits per heavy atom. The molecule has 1 unspecified atom stereocenters. The van der Waals surface area contributed by atoms with Crippen molar-refractivity contribution in [3.05, 3.63) is 28.8 Å². The van der Waals surface area contributed by atoms with Crippen LogP contribution >= 0.6 is 11.6 Å². The van der Waals surface area contributed by atoms with Gasteiger partial charge in [-0.05, 0) is 37.5 Å². The van der Waals surface area contributed by atoms with Crippen LogP contribution in [-0.4, -0.2) is 17.7 Å². The Bertz CT molecular complexity index is 353. The molecule has 0 aromatic heterocycles. The van der Waals surface area contributed by atoms with Crippen molar-refractivity contribution >= 4 is 17.3 Å². The third-order valence-electron chi connectivity index (χ3n) is 3.09. The highest BCUT2D eigenvalue weighted by atomic mass is 35.5. The number of hydrogen-bond acceptors (Lipinski definition) is 2. The zero-order valence-electron chi connectivity index (χ0n) is 8.91. The Kier molecular flexibility index (Phi) is 3.17. The van der Waals surface area contributed by atoms with E-state index in [1.165, 1.54) is 18.5 Å². The molecule has 3 heteroatoms. The molecule has 0 radical (unpaired) electrons. The average Bonchev–Trinajstić information content (AvgIpc) is 2.64. The number of hydrogen-bond donors (Lipinski definition) is 1. The van der Waals surface area contributed by atoms with Gasteiger partial charge in [0, 0.05) is 23.3 Å². The molecule has 1 aliphatic heterocycles. The predicted molar refractivity (Wildman–Crippen MR) is 63.4 cm³/mol. The lowest BCUT2D eigenvalue weighted by Crippen LogP contribution is -2.26. The fraction of sp³-hybridized carbons (Fsp3) is 0.500. The van der Waals surface area contributed by atoms with Crippen LogP contribution in [0.2, 0.25) is 5.02 Å². The summed E-state index contributed by atoms with van der Waals surface area (Å²) >= 11 is 6.07. The molecule has 1 aliphatic rings. The van der Waals surface area contributed by atoms with E-state index in [0.717, 1.165) is 12.1 Å². The van der Waals surface area contributed by atoms with Gasteiger partial charge in [0.1, 0.15) is 0 Å². The zero-order chi connectivity index (χ0) is 10.8. The van der Waals surface area contributed by atoms with Gasteiger partial charge >= 0.3 is 0 Å². The highest BCUT2D eigenvalue weighted by Crippen LogP contribution is 2.29. The molecule has 0 bridgehead atoms. The molecule has 2 rings (SSSR count). The smallest absolute Gasteiger partial charge is 0.0696 e. The van der Waals surface area contributed by atoms with Gasteiger partial charge in [-0.25, -0.2) is 0 Å². The molecule has 1 fully saturated rings. The Morgan fingerprint density at radius 3 is 2.87 bits per heavy atom. The minimum Gasteiger partial charge on any atom is -0.392 e. The van der Waals surface area contributed by atoms with E-state index < -0.39 is 0 Å². The highest BCUT2D eigenvalue weighted by Gasteiger charge is 2.20. The van der Waals surface area contributed by atoms with Crippen molar-refractivity contribution < 1.29 is 5.11 Å². The van der Waals surface area contributed by atoms with Crippen molar-refractivity contribution in [3.63, 3.8) is 0 Å². The SMILES string of the molecule is CC1CCCN1c1ccc(CO)c(Cl)c1. The van der Waals surface area contributed by atoms with E-state index in [2.05, 4.69) is 11.8 Å². The second kappa shape index (κ2) is 4.42. The number of rotatable bonds is 2. The van der Waals surface area contributed by atoms with Crippen LogP contribution in [0.5, 0.6) is 0 Å². The van der Waals surface area contributed by atoms with E-state index >= 15 is 0 Å². The lowest BCUT2D eigenvalue weighted by atomic mass is 10.2. The molecule has 15 heavy (non-hydrogen) atoms. The Hall–Kier alpha value is -0.730. The normalized spacial score (nSPS) is 21.0. The monoisotopic (exact) mass is 225 g/mol. The predicted octanol–water partition coefficient (Wildman–Crippen LogP) is 2.82. The van der Waals surface area contributed by atoms with Crippen molar-refractivity contribution in [2.24, 2.45) is 0 Å². The molecule has 82 valence electrons. The summed E-state index contributed by atoms with van der Waals surface area (Å²) in [6, 6.07) is 6.50. The van der Waals surface area contributed by atoms with E-state index in [1.807, 2.05) is 18.2 Å². The second-order valence-electron chi connectivity index (χ2n) is 4.12. The van der Waals surface area contributed by atoms with E-state index in [0.29, 0.717) is 11.1 Å². The maximum Gasteiger partial charge on any atom is 0.0696 e. The molecule has 2 nitrogen and oxygen atoms in total. The van der Waals surface area contributed by atoms with Gasteiger partial charge in [0.15, 0.2) is 0 Å². The summed E-state index contributed by atoms with van der Waals surface area (Å²) in [5, 5.41) is 9.69. The number of nitrogens with zero attached hydrogens (tertiary/aromatic N) is 1. The number of anilines is 1. The van der Waals surface area contributed by atoms with Gasteiger partial charge in [-0.1, -0.05) is 17.7 Å². The van der Waals surface area contributed by atoms with Crippen LogP contribution in [0, 0.1) is 0 Å². The molecule has 0 spiro atoms. The van der Waals surface area contributed by atoms with E-state index in [4.69, 9.17) is 16.7 Å². The molecule has 0 aliphatic carbocycles. The molecule has 0 amide bonds. The molecule has 1 N–H and O–H groups in total. The first-order chi connectivity index (χ1) is 7.22. The highest BCUT2D eigenvalue weighted by molar-refractivity contribution is 6.31. The van der Waals surface area contributed by atoms with Crippen LogP contribution in [0.25, 0.3) is 0 Å². The van der Waals surface area contributed by atoms with Gasteiger partial charge in [0.2, 0.25) is 0 Å². The first kappa shape index (κ1) is 10.8. The summed E-state index contributed by atoms with van der Waals surface area (Å²) in [4.78, 5) is 2.37. The van der Waals surface area contributed by atoms with Crippen LogP contribution in [0.3, 0.4) is 0 Å². The standard InChI is InChI=1S/C12H16ClNO/c1-9-3-2-6-14(9)11-5-4-10(8-15)12(13)7-11/h4-5,7,9,15H,2-3,6,8H2,1H3. The number of benzene rings is 1. The first-order valence-corrected chi connectivity index (χ1v) is 5.76. The summed E-state index contributed by atoms with van der Waals surface area (Å²) < 4.78 is 0. The minimum absolute atomic E-state index is 0.00860. The largest absolute Gasteiger partial charge is 0.392 e. The van der Waals surface area contributed by atoms with Crippen LogP contribution in [-0.2, 0) is 6.61 Å². The Balaban J connectivity index is 2.25. The van der Waals surface area contributed by atoms with Crippen molar-refractivity contribution in [1.82, 2.24) is 0 Å². The number of halogens is 1.